The van der Waals surface area contributed by atoms with Crippen molar-refractivity contribution in [3.8, 4) is 0 Å². The van der Waals surface area contributed by atoms with Gasteiger partial charge in [-0.2, -0.15) is 4.31 Å². The molecule has 1 saturated heterocycles. The van der Waals surface area contributed by atoms with Crippen molar-refractivity contribution in [2.75, 3.05) is 32.7 Å². The minimum absolute atomic E-state index is 0.370. The number of nitrogens with zero attached hydrogens (tertiary/aromatic N) is 2. The van der Waals surface area contributed by atoms with Crippen molar-refractivity contribution in [2.45, 2.75) is 25.2 Å². The summed E-state index contributed by atoms with van der Waals surface area (Å²) >= 11 is 1.55. The first kappa shape index (κ1) is 15.9. The normalized spacial score (nSPS) is 20.4. The van der Waals surface area contributed by atoms with Crippen LogP contribution in [0.4, 0.5) is 0 Å². The summed E-state index contributed by atoms with van der Waals surface area (Å²) in [6.07, 6.45) is -0.483. The van der Waals surface area contributed by atoms with Crippen molar-refractivity contribution >= 4 is 21.4 Å². The standard InChI is InChI=1S/C13H22N2O3S2/c1-11(2)20(17,18)15-7-5-14(6-8-15)10-12(16)13-4-3-9-19-13/h3-4,9,11-12,16H,5-8,10H2,1-2H3/t12-/m0/s1. The lowest BCUT2D eigenvalue weighted by Gasteiger charge is -2.35. The Morgan fingerprint density at radius 2 is 1.95 bits per heavy atom. The topological polar surface area (TPSA) is 60.9 Å². The molecule has 1 aromatic rings. The molecule has 7 heteroatoms. The molecule has 1 N–H and O–H groups in total. The van der Waals surface area contributed by atoms with Gasteiger partial charge in [0.25, 0.3) is 0 Å². The van der Waals surface area contributed by atoms with Gasteiger partial charge in [-0.25, -0.2) is 8.42 Å². The van der Waals surface area contributed by atoms with Crippen LogP contribution in [0.25, 0.3) is 0 Å². The molecule has 1 fully saturated rings. The molecule has 0 amide bonds. The Balaban J connectivity index is 1.86. The molecule has 1 aromatic heterocycles. The van der Waals surface area contributed by atoms with Gasteiger partial charge in [0, 0.05) is 37.6 Å². The lowest BCUT2D eigenvalue weighted by Crippen LogP contribution is -2.51. The molecule has 114 valence electrons. The molecule has 1 aliphatic heterocycles. The van der Waals surface area contributed by atoms with E-state index in [0.29, 0.717) is 32.7 Å². The van der Waals surface area contributed by atoms with Crippen LogP contribution < -0.4 is 0 Å². The van der Waals surface area contributed by atoms with E-state index in [9.17, 15) is 13.5 Å². The Bertz CT molecular complexity index is 506. The summed E-state index contributed by atoms with van der Waals surface area (Å²) in [5.41, 5.74) is 0. The van der Waals surface area contributed by atoms with E-state index in [1.54, 1.807) is 29.5 Å². The predicted molar refractivity (Wildman–Crippen MR) is 81.3 cm³/mol. The van der Waals surface area contributed by atoms with Gasteiger partial charge in [0.1, 0.15) is 6.10 Å². The highest BCUT2D eigenvalue weighted by Crippen LogP contribution is 2.21. The molecule has 2 rings (SSSR count). The Hall–Kier alpha value is -0.470. The molecule has 0 unspecified atom stereocenters. The Morgan fingerprint density at radius 1 is 1.30 bits per heavy atom. The summed E-state index contributed by atoms with van der Waals surface area (Å²) < 4.78 is 25.7. The molecule has 0 aromatic carbocycles. The lowest BCUT2D eigenvalue weighted by atomic mass is 10.2. The van der Waals surface area contributed by atoms with Crippen LogP contribution in [0.1, 0.15) is 24.8 Å². The molecule has 1 aliphatic rings. The summed E-state index contributed by atoms with van der Waals surface area (Å²) in [7, 11) is -3.15. The first-order chi connectivity index (χ1) is 9.41. The van der Waals surface area contributed by atoms with Gasteiger partial charge < -0.3 is 5.11 Å². The summed E-state index contributed by atoms with van der Waals surface area (Å²) in [5.74, 6) is 0. The fourth-order valence-electron chi connectivity index (χ4n) is 2.28. The van der Waals surface area contributed by atoms with E-state index in [2.05, 4.69) is 4.90 Å². The van der Waals surface area contributed by atoms with Crippen LogP contribution in [-0.4, -0.2) is 60.7 Å². The van der Waals surface area contributed by atoms with Gasteiger partial charge in [-0.15, -0.1) is 11.3 Å². The zero-order chi connectivity index (χ0) is 14.8. The fourth-order valence-corrected chi connectivity index (χ4v) is 4.25. The van der Waals surface area contributed by atoms with Crippen molar-refractivity contribution in [3.05, 3.63) is 22.4 Å². The van der Waals surface area contributed by atoms with E-state index < -0.39 is 16.1 Å². The van der Waals surface area contributed by atoms with Crippen LogP contribution in [0.5, 0.6) is 0 Å². The first-order valence-corrected chi connectivity index (χ1v) is 9.22. The summed E-state index contributed by atoms with van der Waals surface area (Å²) in [4.78, 5) is 3.08. The van der Waals surface area contributed by atoms with Crippen molar-refractivity contribution in [1.82, 2.24) is 9.21 Å². The van der Waals surface area contributed by atoms with E-state index in [0.717, 1.165) is 4.88 Å². The van der Waals surface area contributed by atoms with Gasteiger partial charge in [-0.1, -0.05) is 6.07 Å². The number of aliphatic hydroxyl groups excluding tert-OH is 1. The van der Waals surface area contributed by atoms with E-state index in [1.165, 1.54) is 0 Å². The molecule has 1 atom stereocenters. The number of thiophene rings is 1. The SMILES string of the molecule is CC(C)S(=O)(=O)N1CCN(C[C@H](O)c2cccs2)CC1. The minimum Gasteiger partial charge on any atom is -0.386 e. The highest BCUT2D eigenvalue weighted by molar-refractivity contribution is 7.89. The molecule has 5 nitrogen and oxygen atoms in total. The maximum Gasteiger partial charge on any atom is 0.216 e. The molecule has 0 radical (unpaired) electrons. The number of hydrogen-bond acceptors (Lipinski definition) is 5. The van der Waals surface area contributed by atoms with Crippen LogP contribution in [-0.2, 0) is 10.0 Å². The van der Waals surface area contributed by atoms with Crippen molar-refractivity contribution in [2.24, 2.45) is 0 Å². The third kappa shape index (κ3) is 3.59. The van der Waals surface area contributed by atoms with E-state index >= 15 is 0 Å². The highest BCUT2D eigenvalue weighted by Gasteiger charge is 2.29. The Labute approximate surface area is 124 Å². The number of hydrogen-bond donors (Lipinski definition) is 1. The highest BCUT2D eigenvalue weighted by atomic mass is 32.2. The molecular formula is C13H22N2O3S2. The van der Waals surface area contributed by atoms with Crippen LogP contribution in [0.2, 0.25) is 0 Å². The third-order valence-electron chi connectivity index (χ3n) is 3.59. The number of sulfonamides is 1. The number of aliphatic hydroxyl groups is 1. The second kappa shape index (κ2) is 6.53. The molecule has 0 spiro atoms. The molecule has 2 heterocycles. The second-order valence-corrected chi connectivity index (χ2v) is 8.79. The summed E-state index contributed by atoms with van der Waals surface area (Å²) in [5, 5.41) is 11.7. The number of piperazine rings is 1. The maximum absolute atomic E-state index is 12.1. The van der Waals surface area contributed by atoms with Gasteiger partial charge >= 0.3 is 0 Å². The van der Waals surface area contributed by atoms with Crippen LogP contribution >= 0.6 is 11.3 Å². The zero-order valence-corrected chi connectivity index (χ0v) is 13.5. The molecular weight excluding hydrogens is 296 g/mol. The zero-order valence-electron chi connectivity index (χ0n) is 11.9. The quantitative estimate of drug-likeness (QED) is 0.884. The van der Waals surface area contributed by atoms with E-state index in [1.807, 2.05) is 17.5 Å². The molecule has 0 saturated carbocycles. The van der Waals surface area contributed by atoms with E-state index in [-0.39, 0.29) is 5.25 Å². The van der Waals surface area contributed by atoms with Gasteiger partial charge in [-0.05, 0) is 25.3 Å². The van der Waals surface area contributed by atoms with Crippen molar-refractivity contribution in [1.29, 1.82) is 0 Å². The average Bonchev–Trinajstić information content (AvgIpc) is 2.93. The summed E-state index contributed by atoms with van der Waals surface area (Å²) in [6.45, 7) is 6.36. The number of β-amino-alcohol motifs (C(OH)–C–C–N with tert-alkyl or cyclic N) is 1. The maximum atomic E-state index is 12.1. The number of rotatable bonds is 5. The Kier molecular flexibility index (Phi) is 5.19. The third-order valence-corrected chi connectivity index (χ3v) is 6.84. The van der Waals surface area contributed by atoms with Gasteiger partial charge in [0.2, 0.25) is 10.0 Å². The van der Waals surface area contributed by atoms with E-state index in [4.69, 9.17) is 0 Å². The smallest absolute Gasteiger partial charge is 0.216 e. The lowest BCUT2D eigenvalue weighted by molar-refractivity contribution is 0.0941. The second-order valence-electron chi connectivity index (χ2n) is 5.32. The van der Waals surface area contributed by atoms with Crippen LogP contribution in [0.15, 0.2) is 17.5 Å². The van der Waals surface area contributed by atoms with Gasteiger partial charge in [-0.3, -0.25) is 4.90 Å². The Morgan fingerprint density at radius 3 is 2.45 bits per heavy atom. The van der Waals surface area contributed by atoms with Crippen LogP contribution in [0, 0.1) is 0 Å². The average molecular weight is 318 g/mol. The monoisotopic (exact) mass is 318 g/mol. The van der Waals surface area contributed by atoms with Crippen molar-refractivity contribution < 1.29 is 13.5 Å². The summed E-state index contributed by atoms with van der Waals surface area (Å²) in [6, 6.07) is 3.85. The fraction of sp³-hybridized carbons (Fsp3) is 0.692. The first-order valence-electron chi connectivity index (χ1n) is 6.84. The van der Waals surface area contributed by atoms with Crippen LogP contribution in [0.3, 0.4) is 0 Å². The van der Waals surface area contributed by atoms with Gasteiger partial charge in [0.05, 0.1) is 5.25 Å². The molecule has 0 aliphatic carbocycles. The predicted octanol–water partition coefficient (Wildman–Crippen LogP) is 1.14. The minimum atomic E-state index is -3.15. The van der Waals surface area contributed by atoms with Crippen molar-refractivity contribution in [3.63, 3.8) is 0 Å². The van der Waals surface area contributed by atoms with Gasteiger partial charge in [0.15, 0.2) is 0 Å². The molecule has 0 bridgehead atoms. The largest absolute Gasteiger partial charge is 0.386 e. The molecule has 20 heavy (non-hydrogen) atoms.